The molecule has 1 saturated carbocycles. The Hall–Kier alpha value is -1.29. The van der Waals surface area contributed by atoms with Crippen molar-refractivity contribution in [3.63, 3.8) is 0 Å². The monoisotopic (exact) mass is 250 g/mol. The molecule has 0 spiro atoms. The van der Waals surface area contributed by atoms with Crippen LogP contribution in [-0.2, 0) is 19.1 Å². The summed E-state index contributed by atoms with van der Waals surface area (Å²) in [5.74, 6) is -1.23. The summed E-state index contributed by atoms with van der Waals surface area (Å²) in [4.78, 5) is 35.4. The van der Waals surface area contributed by atoms with Crippen LogP contribution in [0.4, 0.5) is 0 Å². The van der Waals surface area contributed by atoms with Crippen molar-refractivity contribution < 1.29 is 19.1 Å². The van der Waals surface area contributed by atoms with Crippen LogP contribution in [-0.4, -0.2) is 29.1 Å². The molecule has 18 heavy (non-hydrogen) atoms. The van der Waals surface area contributed by atoms with Gasteiger partial charge in [-0.05, 0) is 32.9 Å². The van der Waals surface area contributed by atoms with Gasteiger partial charge in [-0.3, -0.25) is 14.4 Å². The van der Waals surface area contributed by atoms with E-state index in [1.165, 1.54) is 12.2 Å². The Labute approximate surface area is 106 Å². The summed E-state index contributed by atoms with van der Waals surface area (Å²) >= 11 is 0. The summed E-state index contributed by atoms with van der Waals surface area (Å²) in [5, 5.41) is 0. The molecule has 98 valence electrons. The first-order valence-electron chi connectivity index (χ1n) is 6.23. The highest BCUT2D eigenvalue weighted by molar-refractivity contribution is 6.09. The molecule has 1 fully saturated rings. The normalized spacial score (nSPS) is 32.6. The van der Waals surface area contributed by atoms with Gasteiger partial charge < -0.3 is 4.74 Å². The molecule has 2 rings (SSSR count). The van der Waals surface area contributed by atoms with Crippen molar-refractivity contribution in [2.45, 2.75) is 45.3 Å². The van der Waals surface area contributed by atoms with E-state index >= 15 is 0 Å². The summed E-state index contributed by atoms with van der Waals surface area (Å²) in [7, 11) is 0. The Bertz CT molecular complexity index is 428. The van der Waals surface area contributed by atoms with Gasteiger partial charge in [-0.15, -0.1) is 0 Å². The predicted molar refractivity (Wildman–Crippen MR) is 65.0 cm³/mol. The summed E-state index contributed by atoms with van der Waals surface area (Å²) in [6, 6.07) is 0. The minimum Gasteiger partial charge on any atom is -0.371 e. The molecule has 0 aliphatic heterocycles. The molecule has 4 heteroatoms. The van der Waals surface area contributed by atoms with Crippen LogP contribution in [0.2, 0.25) is 0 Å². The average Bonchev–Trinajstić information content (AvgIpc) is 2.20. The molecule has 0 amide bonds. The van der Waals surface area contributed by atoms with E-state index in [2.05, 4.69) is 0 Å². The number of carbonyl (C=O) groups is 3. The third-order valence-electron chi connectivity index (χ3n) is 3.32. The van der Waals surface area contributed by atoms with Gasteiger partial charge in [0.2, 0.25) is 0 Å². The van der Waals surface area contributed by atoms with E-state index in [1.807, 2.05) is 20.8 Å². The zero-order valence-electron chi connectivity index (χ0n) is 10.9. The molecule has 0 aromatic rings. The van der Waals surface area contributed by atoms with Crippen LogP contribution in [0, 0.1) is 11.8 Å². The Morgan fingerprint density at radius 1 is 1.06 bits per heavy atom. The first kappa shape index (κ1) is 13.1. The molecule has 0 N–H and O–H groups in total. The number of carbonyl (C=O) groups excluding carboxylic acids is 3. The number of ether oxygens (including phenoxy) is 1. The highest BCUT2D eigenvalue weighted by Gasteiger charge is 2.46. The SMILES string of the molecule is CC(C)(C)OC1CC(=O)CC2C(=O)C=CC(=O)C12. The van der Waals surface area contributed by atoms with Crippen LogP contribution in [0.3, 0.4) is 0 Å². The Kier molecular flexibility index (Phi) is 3.23. The molecular formula is C14H18O4. The van der Waals surface area contributed by atoms with Gasteiger partial charge in [-0.25, -0.2) is 0 Å². The van der Waals surface area contributed by atoms with Crippen molar-refractivity contribution in [3.05, 3.63) is 12.2 Å². The molecule has 0 bridgehead atoms. The minimum atomic E-state index is -0.518. The standard InChI is InChI=1S/C14H18O4/c1-14(2,3)18-12-7-8(15)6-9-10(16)4-5-11(17)13(9)12/h4-5,9,12-13H,6-7H2,1-3H3. The largest absolute Gasteiger partial charge is 0.371 e. The Balaban J connectivity index is 2.29. The van der Waals surface area contributed by atoms with Crippen molar-refractivity contribution in [3.8, 4) is 0 Å². The van der Waals surface area contributed by atoms with E-state index in [1.54, 1.807) is 0 Å². The molecule has 2 aliphatic rings. The molecule has 4 nitrogen and oxygen atoms in total. The van der Waals surface area contributed by atoms with Crippen molar-refractivity contribution in [1.82, 2.24) is 0 Å². The molecule has 0 heterocycles. The lowest BCUT2D eigenvalue weighted by Gasteiger charge is -2.39. The maximum Gasteiger partial charge on any atom is 0.162 e. The van der Waals surface area contributed by atoms with E-state index in [-0.39, 0.29) is 30.2 Å². The fraction of sp³-hybridized carbons (Fsp3) is 0.643. The summed E-state index contributed by atoms with van der Waals surface area (Å²) in [5.41, 5.74) is -0.433. The molecular weight excluding hydrogens is 232 g/mol. The molecule has 0 aromatic heterocycles. The van der Waals surface area contributed by atoms with E-state index in [0.29, 0.717) is 0 Å². The molecule has 0 aromatic carbocycles. The molecule has 0 saturated heterocycles. The maximum atomic E-state index is 11.9. The van der Waals surface area contributed by atoms with Crippen molar-refractivity contribution >= 4 is 17.3 Å². The first-order chi connectivity index (χ1) is 8.28. The fourth-order valence-electron chi connectivity index (χ4n) is 2.69. The van der Waals surface area contributed by atoms with Gasteiger partial charge >= 0.3 is 0 Å². The summed E-state index contributed by atoms with van der Waals surface area (Å²) in [6.45, 7) is 5.64. The van der Waals surface area contributed by atoms with Crippen molar-refractivity contribution in [2.75, 3.05) is 0 Å². The van der Waals surface area contributed by atoms with E-state index in [9.17, 15) is 14.4 Å². The van der Waals surface area contributed by atoms with Crippen molar-refractivity contribution in [2.24, 2.45) is 11.8 Å². The number of hydrogen-bond acceptors (Lipinski definition) is 4. The van der Waals surface area contributed by atoms with Crippen LogP contribution in [0.1, 0.15) is 33.6 Å². The lowest BCUT2D eigenvalue weighted by molar-refractivity contribution is -0.155. The van der Waals surface area contributed by atoms with Gasteiger partial charge in [0.05, 0.1) is 17.6 Å². The number of fused-ring (bicyclic) bond motifs is 1. The van der Waals surface area contributed by atoms with Crippen LogP contribution >= 0.6 is 0 Å². The van der Waals surface area contributed by atoms with E-state index < -0.39 is 23.5 Å². The quantitative estimate of drug-likeness (QED) is 0.707. The maximum absolute atomic E-state index is 11.9. The second-order valence-corrected chi connectivity index (χ2v) is 5.99. The van der Waals surface area contributed by atoms with Gasteiger partial charge in [0, 0.05) is 18.8 Å². The molecule has 2 aliphatic carbocycles. The van der Waals surface area contributed by atoms with Gasteiger partial charge in [0.1, 0.15) is 5.78 Å². The number of hydrogen-bond donors (Lipinski definition) is 0. The van der Waals surface area contributed by atoms with Gasteiger partial charge in [-0.2, -0.15) is 0 Å². The van der Waals surface area contributed by atoms with Gasteiger partial charge in [0.15, 0.2) is 11.6 Å². The number of allylic oxidation sites excluding steroid dienone is 2. The Morgan fingerprint density at radius 2 is 1.67 bits per heavy atom. The summed E-state index contributed by atoms with van der Waals surface area (Å²) < 4.78 is 5.81. The van der Waals surface area contributed by atoms with Crippen LogP contribution in [0.25, 0.3) is 0 Å². The highest BCUT2D eigenvalue weighted by atomic mass is 16.5. The van der Waals surface area contributed by atoms with Crippen LogP contribution in [0.15, 0.2) is 12.2 Å². The average molecular weight is 250 g/mol. The minimum absolute atomic E-state index is 0.00181. The lowest BCUT2D eigenvalue weighted by atomic mass is 9.70. The number of Topliss-reactive ketones (excluding diaryl/α,β-unsaturated/α-hetero) is 1. The Morgan fingerprint density at radius 3 is 2.28 bits per heavy atom. The predicted octanol–water partition coefficient (Wildman–Crippen LogP) is 1.47. The second kappa shape index (κ2) is 4.43. The van der Waals surface area contributed by atoms with Crippen LogP contribution < -0.4 is 0 Å². The second-order valence-electron chi connectivity index (χ2n) is 5.99. The third-order valence-corrected chi connectivity index (χ3v) is 3.32. The van der Waals surface area contributed by atoms with Crippen molar-refractivity contribution in [1.29, 1.82) is 0 Å². The van der Waals surface area contributed by atoms with E-state index in [0.717, 1.165) is 0 Å². The highest BCUT2D eigenvalue weighted by Crippen LogP contribution is 2.36. The van der Waals surface area contributed by atoms with E-state index in [4.69, 9.17) is 4.74 Å². The number of ketones is 3. The first-order valence-corrected chi connectivity index (χ1v) is 6.23. The van der Waals surface area contributed by atoms with Crippen LogP contribution in [0.5, 0.6) is 0 Å². The smallest absolute Gasteiger partial charge is 0.162 e. The summed E-state index contributed by atoms with van der Waals surface area (Å²) in [6.07, 6.45) is 2.53. The van der Waals surface area contributed by atoms with Gasteiger partial charge in [-0.1, -0.05) is 0 Å². The number of rotatable bonds is 1. The molecule has 0 radical (unpaired) electrons. The third kappa shape index (κ3) is 2.58. The fourth-order valence-corrected chi connectivity index (χ4v) is 2.69. The lowest BCUT2D eigenvalue weighted by Crippen LogP contribution is -2.49. The van der Waals surface area contributed by atoms with Gasteiger partial charge in [0.25, 0.3) is 0 Å². The zero-order valence-corrected chi connectivity index (χ0v) is 10.9. The zero-order chi connectivity index (χ0) is 13.5. The molecule has 3 atom stereocenters. The topological polar surface area (TPSA) is 60.4 Å². The molecule has 3 unspecified atom stereocenters.